The van der Waals surface area contributed by atoms with Crippen molar-refractivity contribution in [1.82, 2.24) is 15.0 Å². The molecule has 8 heteroatoms. The van der Waals surface area contributed by atoms with Gasteiger partial charge < -0.3 is 15.8 Å². The van der Waals surface area contributed by atoms with Gasteiger partial charge in [0.15, 0.2) is 12.4 Å². The van der Waals surface area contributed by atoms with Crippen molar-refractivity contribution in [3.05, 3.63) is 70.5 Å². The van der Waals surface area contributed by atoms with E-state index < -0.39 is 5.97 Å². The maximum absolute atomic E-state index is 12.0. The lowest BCUT2D eigenvalue weighted by molar-refractivity contribution is -0.144. The van der Waals surface area contributed by atoms with Gasteiger partial charge in [0, 0.05) is 10.7 Å². The molecule has 3 rings (SSSR count). The number of nitrogens with two attached hydrogens (primary N) is 1. The van der Waals surface area contributed by atoms with Crippen LogP contribution in [0.5, 0.6) is 0 Å². The third-order valence-electron chi connectivity index (χ3n) is 3.97. The Labute approximate surface area is 167 Å². The lowest BCUT2D eigenvalue weighted by atomic mass is 10.1. The van der Waals surface area contributed by atoms with Gasteiger partial charge in [-0.2, -0.15) is 15.0 Å². The summed E-state index contributed by atoms with van der Waals surface area (Å²) in [6.07, 6.45) is 0.992. The molecule has 1 heterocycles. The van der Waals surface area contributed by atoms with Crippen LogP contribution in [0.4, 0.5) is 17.6 Å². The highest BCUT2D eigenvalue weighted by Gasteiger charge is 2.10. The molecule has 3 N–H and O–H groups in total. The van der Waals surface area contributed by atoms with Crippen LogP contribution in [0.15, 0.2) is 48.5 Å². The van der Waals surface area contributed by atoms with Crippen LogP contribution >= 0.6 is 11.6 Å². The van der Waals surface area contributed by atoms with Crippen molar-refractivity contribution in [3.8, 4) is 0 Å². The first-order valence-electron chi connectivity index (χ1n) is 8.79. The second-order valence-electron chi connectivity index (χ2n) is 6.03. The molecule has 144 valence electrons. The highest BCUT2D eigenvalue weighted by Crippen LogP contribution is 2.19. The van der Waals surface area contributed by atoms with Crippen molar-refractivity contribution in [3.63, 3.8) is 0 Å². The van der Waals surface area contributed by atoms with Gasteiger partial charge in [-0.05, 0) is 35.7 Å². The molecule has 1 aromatic heterocycles. The molecule has 0 aliphatic rings. The van der Waals surface area contributed by atoms with Crippen LogP contribution < -0.4 is 11.1 Å². The van der Waals surface area contributed by atoms with Gasteiger partial charge in [0.2, 0.25) is 11.9 Å². The minimum Gasteiger partial charge on any atom is -0.457 e. The van der Waals surface area contributed by atoms with Gasteiger partial charge in [0.05, 0.1) is 6.42 Å². The van der Waals surface area contributed by atoms with Crippen molar-refractivity contribution < 1.29 is 9.53 Å². The Hall–Kier alpha value is -3.19. The van der Waals surface area contributed by atoms with E-state index in [0.717, 1.165) is 23.2 Å². The van der Waals surface area contributed by atoms with E-state index in [4.69, 9.17) is 22.1 Å². The predicted molar refractivity (Wildman–Crippen MR) is 108 cm³/mol. The van der Waals surface area contributed by atoms with E-state index in [2.05, 4.69) is 27.2 Å². The van der Waals surface area contributed by atoms with Crippen molar-refractivity contribution in [2.45, 2.75) is 26.4 Å². The number of benzene rings is 2. The van der Waals surface area contributed by atoms with Crippen LogP contribution in [-0.4, -0.2) is 20.9 Å². The number of hydrogen-bond donors (Lipinski definition) is 2. The van der Waals surface area contributed by atoms with Crippen molar-refractivity contribution in [2.75, 3.05) is 11.1 Å². The fourth-order valence-electron chi connectivity index (χ4n) is 2.59. The van der Waals surface area contributed by atoms with Gasteiger partial charge in [-0.25, -0.2) is 0 Å². The van der Waals surface area contributed by atoms with Crippen molar-refractivity contribution >= 4 is 35.2 Å². The molecule has 0 amide bonds. The lowest BCUT2D eigenvalue weighted by Gasteiger charge is -2.11. The summed E-state index contributed by atoms with van der Waals surface area (Å²) in [6.45, 7) is 1.97. The molecule has 0 saturated heterocycles. The zero-order chi connectivity index (χ0) is 19.9. The third kappa shape index (κ3) is 5.40. The smallest absolute Gasteiger partial charge is 0.310 e. The number of nitrogens with zero attached hydrogens (tertiary/aromatic N) is 3. The largest absolute Gasteiger partial charge is 0.457 e. The monoisotopic (exact) mass is 397 g/mol. The number of aromatic nitrogens is 3. The first kappa shape index (κ1) is 19.6. The van der Waals surface area contributed by atoms with Gasteiger partial charge >= 0.3 is 5.97 Å². The molecule has 0 atom stereocenters. The SMILES string of the molecule is CCc1ccccc1Nc1nc(N)nc(COC(=O)Cc2ccc(Cl)cc2)n1. The summed E-state index contributed by atoms with van der Waals surface area (Å²) in [4.78, 5) is 24.5. The lowest BCUT2D eigenvalue weighted by Crippen LogP contribution is -2.12. The second kappa shape index (κ2) is 9.14. The summed E-state index contributed by atoms with van der Waals surface area (Å²) >= 11 is 5.84. The number of para-hydroxylation sites is 1. The highest BCUT2D eigenvalue weighted by atomic mass is 35.5. The van der Waals surface area contributed by atoms with E-state index in [1.54, 1.807) is 24.3 Å². The zero-order valence-corrected chi connectivity index (χ0v) is 16.1. The molecule has 0 bridgehead atoms. The van der Waals surface area contributed by atoms with E-state index in [1.807, 2.05) is 24.3 Å². The van der Waals surface area contributed by atoms with Crippen molar-refractivity contribution in [1.29, 1.82) is 0 Å². The molecule has 0 spiro atoms. The maximum atomic E-state index is 12.0. The topological polar surface area (TPSA) is 103 Å². The number of rotatable bonds is 7. The number of anilines is 3. The Bertz CT molecular complexity index is 963. The molecule has 0 aliphatic heterocycles. The summed E-state index contributed by atoms with van der Waals surface area (Å²) in [5.74, 6) is 0.230. The average molecular weight is 398 g/mol. The third-order valence-corrected chi connectivity index (χ3v) is 4.22. The summed E-state index contributed by atoms with van der Waals surface area (Å²) in [6, 6.07) is 14.8. The summed E-state index contributed by atoms with van der Waals surface area (Å²) in [7, 11) is 0. The average Bonchev–Trinajstić information content (AvgIpc) is 2.68. The van der Waals surface area contributed by atoms with E-state index in [-0.39, 0.29) is 24.8 Å². The minimum absolute atomic E-state index is 0.0511. The fraction of sp³-hybridized carbons (Fsp3) is 0.200. The zero-order valence-electron chi connectivity index (χ0n) is 15.4. The van der Waals surface area contributed by atoms with Crippen LogP contribution in [0.2, 0.25) is 5.02 Å². The van der Waals surface area contributed by atoms with Gasteiger partial charge in [0.25, 0.3) is 0 Å². The number of halogens is 1. The number of aryl methyl sites for hydroxylation is 1. The molecule has 3 aromatic rings. The number of esters is 1. The van der Waals surface area contributed by atoms with Crippen LogP contribution in [0.1, 0.15) is 23.9 Å². The molecule has 0 fully saturated rings. The van der Waals surface area contributed by atoms with E-state index >= 15 is 0 Å². The number of carbonyl (C=O) groups is 1. The number of nitrogens with one attached hydrogen (secondary N) is 1. The van der Waals surface area contributed by atoms with Crippen LogP contribution in [-0.2, 0) is 29.0 Å². The summed E-state index contributed by atoms with van der Waals surface area (Å²) in [5.41, 5.74) is 8.59. The van der Waals surface area contributed by atoms with Gasteiger partial charge in [0.1, 0.15) is 0 Å². The van der Waals surface area contributed by atoms with Crippen molar-refractivity contribution in [2.24, 2.45) is 0 Å². The summed E-state index contributed by atoms with van der Waals surface area (Å²) in [5, 5.41) is 3.76. The minimum atomic E-state index is -0.396. The number of hydrogen-bond acceptors (Lipinski definition) is 7. The predicted octanol–water partition coefficient (Wildman–Crippen LogP) is 3.70. The Morgan fingerprint density at radius 1 is 1.11 bits per heavy atom. The molecule has 2 aromatic carbocycles. The van der Waals surface area contributed by atoms with Crippen LogP contribution in [0, 0.1) is 0 Å². The first-order chi connectivity index (χ1) is 13.5. The Morgan fingerprint density at radius 2 is 1.86 bits per heavy atom. The number of nitrogen functional groups attached to an aromatic ring is 1. The maximum Gasteiger partial charge on any atom is 0.310 e. The molecule has 0 radical (unpaired) electrons. The second-order valence-corrected chi connectivity index (χ2v) is 6.47. The van der Waals surface area contributed by atoms with Gasteiger partial charge in [-0.1, -0.05) is 48.9 Å². The molecular weight excluding hydrogens is 378 g/mol. The van der Waals surface area contributed by atoms with Crippen LogP contribution in [0.3, 0.4) is 0 Å². The summed E-state index contributed by atoms with van der Waals surface area (Å²) < 4.78 is 5.26. The normalized spacial score (nSPS) is 10.5. The van der Waals surface area contributed by atoms with Crippen LogP contribution in [0.25, 0.3) is 0 Å². The molecular formula is C20H20ClN5O2. The first-order valence-corrected chi connectivity index (χ1v) is 9.16. The molecule has 28 heavy (non-hydrogen) atoms. The number of ether oxygens (including phenoxy) is 1. The molecule has 0 unspecified atom stereocenters. The molecule has 0 aliphatic carbocycles. The molecule has 0 saturated carbocycles. The van der Waals surface area contributed by atoms with E-state index in [1.165, 1.54) is 0 Å². The Kier molecular flexibility index (Phi) is 6.39. The standard InChI is InChI=1S/C20H20ClN5O2/c1-2-14-5-3-4-6-16(14)23-20-25-17(24-19(22)26-20)12-28-18(27)11-13-7-9-15(21)10-8-13/h3-10H,2,11-12H2,1H3,(H3,22,23,24,25,26). The number of carbonyl (C=O) groups excluding carboxylic acids is 1. The van der Waals surface area contributed by atoms with E-state index in [0.29, 0.717) is 11.0 Å². The van der Waals surface area contributed by atoms with Gasteiger partial charge in [-0.3, -0.25) is 4.79 Å². The van der Waals surface area contributed by atoms with E-state index in [9.17, 15) is 4.79 Å². The molecule has 7 nitrogen and oxygen atoms in total. The fourth-order valence-corrected chi connectivity index (χ4v) is 2.72. The quantitative estimate of drug-likeness (QED) is 0.586. The van der Waals surface area contributed by atoms with Gasteiger partial charge in [-0.15, -0.1) is 0 Å². The highest BCUT2D eigenvalue weighted by molar-refractivity contribution is 6.30. The Balaban J connectivity index is 1.64. The Morgan fingerprint density at radius 3 is 2.61 bits per heavy atom.